The number of aromatic nitrogens is 1. The molecule has 1 aromatic heterocycles. The summed E-state index contributed by atoms with van der Waals surface area (Å²) >= 11 is 1.31. The fourth-order valence-electron chi connectivity index (χ4n) is 2.62. The largest absolute Gasteiger partial charge is 0.469 e. The number of esters is 2. The van der Waals surface area contributed by atoms with Crippen molar-refractivity contribution in [1.29, 1.82) is 0 Å². The van der Waals surface area contributed by atoms with Gasteiger partial charge in [-0.15, -0.1) is 0 Å². The number of hydrogen-bond donors (Lipinski definition) is 0. The summed E-state index contributed by atoms with van der Waals surface area (Å²) < 4.78 is 10.1. The van der Waals surface area contributed by atoms with Gasteiger partial charge in [0, 0.05) is 13.1 Å². The van der Waals surface area contributed by atoms with Gasteiger partial charge in [-0.25, -0.2) is 9.78 Å². The third-order valence-corrected chi connectivity index (χ3v) is 4.99. The molecule has 0 amide bonds. The minimum atomic E-state index is -0.408. The summed E-state index contributed by atoms with van der Waals surface area (Å²) in [7, 11) is 1.42. The first kappa shape index (κ1) is 16.4. The van der Waals surface area contributed by atoms with E-state index in [1.807, 2.05) is 18.2 Å². The van der Waals surface area contributed by atoms with Gasteiger partial charge in [-0.05, 0) is 25.0 Å². The molecule has 126 valence electrons. The van der Waals surface area contributed by atoms with Crippen LogP contribution in [0.3, 0.4) is 0 Å². The Labute approximate surface area is 144 Å². The van der Waals surface area contributed by atoms with Crippen molar-refractivity contribution in [3.8, 4) is 5.75 Å². The highest BCUT2D eigenvalue weighted by Crippen LogP contribution is 2.28. The lowest BCUT2D eigenvalue weighted by molar-refractivity contribution is -0.146. The number of rotatable bonds is 4. The van der Waals surface area contributed by atoms with Crippen LogP contribution < -0.4 is 9.64 Å². The Morgan fingerprint density at radius 2 is 1.92 bits per heavy atom. The lowest BCUT2D eigenvalue weighted by Crippen LogP contribution is -2.36. The van der Waals surface area contributed by atoms with Crippen LogP contribution in [-0.2, 0) is 9.53 Å². The molecular weight excluding hydrogens is 328 g/mol. The summed E-state index contributed by atoms with van der Waals surface area (Å²) in [5.41, 5.74) is 0. The van der Waals surface area contributed by atoms with Crippen LogP contribution in [0.25, 0.3) is 0 Å². The number of ether oxygens (including phenoxy) is 2. The van der Waals surface area contributed by atoms with E-state index >= 15 is 0 Å². The molecule has 0 spiro atoms. The van der Waals surface area contributed by atoms with Gasteiger partial charge in [0.25, 0.3) is 0 Å². The van der Waals surface area contributed by atoms with E-state index in [-0.39, 0.29) is 11.9 Å². The molecule has 3 rings (SSSR count). The van der Waals surface area contributed by atoms with Gasteiger partial charge in [0.2, 0.25) is 0 Å². The zero-order valence-corrected chi connectivity index (χ0v) is 14.1. The van der Waals surface area contributed by atoms with Gasteiger partial charge in [-0.3, -0.25) is 4.79 Å². The summed E-state index contributed by atoms with van der Waals surface area (Å²) in [6.45, 7) is 1.45. The quantitative estimate of drug-likeness (QED) is 0.626. The van der Waals surface area contributed by atoms with Crippen LogP contribution in [0.15, 0.2) is 36.5 Å². The van der Waals surface area contributed by atoms with Crippen LogP contribution in [0, 0.1) is 5.92 Å². The highest BCUT2D eigenvalue weighted by Gasteiger charge is 2.27. The first-order chi connectivity index (χ1) is 11.7. The van der Waals surface area contributed by atoms with Crippen molar-refractivity contribution in [1.82, 2.24) is 4.98 Å². The monoisotopic (exact) mass is 346 g/mol. The summed E-state index contributed by atoms with van der Waals surface area (Å²) in [6, 6.07) is 8.95. The third-order valence-electron chi connectivity index (χ3n) is 3.95. The molecule has 1 aromatic carbocycles. The average molecular weight is 346 g/mol. The molecule has 0 saturated carbocycles. The maximum absolute atomic E-state index is 12.2. The van der Waals surface area contributed by atoms with Gasteiger partial charge >= 0.3 is 11.9 Å². The lowest BCUT2D eigenvalue weighted by atomic mass is 9.97. The Hall–Kier alpha value is -2.41. The standard InChI is InChI=1S/C17H18N2O4S/c1-22-15(20)12-7-9-19(10-8-12)17-18-11-14(24-17)16(21)23-13-5-3-2-4-6-13/h2-6,11-12H,7-10H2,1H3. The van der Waals surface area contributed by atoms with E-state index in [0.717, 1.165) is 31.1 Å². The summed E-state index contributed by atoms with van der Waals surface area (Å²) in [4.78, 5) is 30.6. The second kappa shape index (κ2) is 7.44. The summed E-state index contributed by atoms with van der Waals surface area (Å²) in [5, 5.41) is 0.776. The van der Waals surface area contributed by atoms with Gasteiger partial charge in [-0.1, -0.05) is 29.5 Å². The van der Waals surface area contributed by atoms with Crippen molar-refractivity contribution in [2.75, 3.05) is 25.1 Å². The minimum Gasteiger partial charge on any atom is -0.469 e. The molecule has 1 saturated heterocycles. The van der Waals surface area contributed by atoms with E-state index in [4.69, 9.17) is 9.47 Å². The number of anilines is 1. The SMILES string of the molecule is COC(=O)C1CCN(c2ncc(C(=O)Oc3ccccc3)s2)CC1. The normalized spacial score (nSPS) is 15.1. The van der Waals surface area contributed by atoms with Gasteiger partial charge in [0.15, 0.2) is 5.13 Å². The van der Waals surface area contributed by atoms with E-state index < -0.39 is 5.97 Å². The maximum Gasteiger partial charge on any atom is 0.355 e. The maximum atomic E-state index is 12.2. The van der Waals surface area contributed by atoms with E-state index in [1.54, 1.807) is 12.1 Å². The number of carbonyl (C=O) groups is 2. The molecule has 0 N–H and O–H groups in total. The minimum absolute atomic E-state index is 0.0475. The molecule has 7 heteroatoms. The predicted molar refractivity (Wildman–Crippen MR) is 90.5 cm³/mol. The van der Waals surface area contributed by atoms with Crippen LogP contribution in [0.1, 0.15) is 22.5 Å². The first-order valence-corrected chi connectivity index (χ1v) is 8.55. The number of para-hydroxylation sites is 1. The molecule has 1 aliphatic rings. The zero-order chi connectivity index (χ0) is 16.9. The number of hydrogen-bond acceptors (Lipinski definition) is 7. The third kappa shape index (κ3) is 3.73. The highest BCUT2D eigenvalue weighted by atomic mass is 32.1. The number of carbonyl (C=O) groups excluding carboxylic acids is 2. The highest BCUT2D eigenvalue weighted by molar-refractivity contribution is 7.17. The molecular formula is C17H18N2O4S. The van der Waals surface area contributed by atoms with Crippen LogP contribution >= 0.6 is 11.3 Å². The molecule has 0 aliphatic carbocycles. The molecule has 6 nitrogen and oxygen atoms in total. The Morgan fingerprint density at radius 1 is 1.21 bits per heavy atom. The van der Waals surface area contributed by atoms with E-state index in [2.05, 4.69) is 9.88 Å². The van der Waals surface area contributed by atoms with Crippen molar-refractivity contribution in [3.05, 3.63) is 41.4 Å². The van der Waals surface area contributed by atoms with Gasteiger partial charge in [0.1, 0.15) is 10.6 Å². The zero-order valence-electron chi connectivity index (χ0n) is 13.3. The van der Waals surface area contributed by atoms with Crippen LogP contribution in [0.4, 0.5) is 5.13 Å². The molecule has 0 atom stereocenters. The topological polar surface area (TPSA) is 68.7 Å². The van der Waals surface area contributed by atoms with E-state index in [9.17, 15) is 9.59 Å². The first-order valence-electron chi connectivity index (χ1n) is 7.73. The smallest absolute Gasteiger partial charge is 0.355 e. The van der Waals surface area contributed by atoms with Crippen molar-refractivity contribution in [2.45, 2.75) is 12.8 Å². The Balaban J connectivity index is 1.60. The second-order valence-corrected chi connectivity index (χ2v) is 6.50. The molecule has 1 fully saturated rings. The van der Waals surface area contributed by atoms with Crippen molar-refractivity contribution < 1.29 is 19.1 Å². The molecule has 0 radical (unpaired) electrons. The van der Waals surface area contributed by atoms with Gasteiger partial charge in [0.05, 0.1) is 19.2 Å². The van der Waals surface area contributed by atoms with Crippen molar-refractivity contribution in [3.63, 3.8) is 0 Å². The molecule has 2 aromatic rings. The Morgan fingerprint density at radius 3 is 2.58 bits per heavy atom. The average Bonchev–Trinajstić information content (AvgIpc) is 3.12. The van der Waals surface area contributed by atoms with Crippen LogP contribution in [0.5, 0.6) is 5.75 Å². The van der Waals surface area contributed by atoms with E-state index in [0.29, 0.717) is 10.6 Å². The van der Waals surface area contributed by atoms with Crippen LogP contribution in [-0.4, -0.2) is 37.1 Å². The van der Waals surface area contributed by atoms with Crippen molar-refractivity contribution >= 4 is 28.4 Å². The van der Waals surface area contributed by atoms with Gasteiger partial charge in [-0.2, -0.15) is 0 Å². The summed E-state index contributed by atoms with van der Waals surface area (Å²) in [6.07, 6.45) is 3.00. The number of thiazole rings is 1. The molecule has 1 aliphatic heterocycles. The number of benzene rings is 1. The molecule has 0 unspecified atom stereocenters. The Kier molecular flexibility index (Phi) is 5.10. The fourth-order valence-corrected chi connectivity index (χ4v) is 3.47. The molecule has 0 bridgehead atoms. The molecule has 2 heterocycles. The lowest BCUT2D eigenvalue weighted by Gasteiger charge is -2.30. The second-order valence-electron chi connectivity index (χ2n) is 5.49. The predicted octanol–water partition coefficient (Wildman–Crippen LogP) is 2.75. The number of nitrogens with zero attached hydrogens (tertiary/aromatic N) is 2. The summed E-state index contributed by atoms with van der Waals surface area (Å²) in [5.74, 6) is -0.0969. The van der Waals surface area contributed by atoms with E-state index in [1.165, 1.54) is 24.6 Å². The fraction of sp³-hybridized carbons (Fsp3) is 0.353. The van der Waals surface area contributed by atoms with Gasteiger partial charge < -0.3 is 14.4 Å². The number of piperidine rings is 1. The number of methoxy groups -OCH3 is 1. The van der Waals surface area contributed by atoms with Crippen molar-refractivity contribution in [2.24, 2.45) is 5.92 Å². The Bertz CT molecular complexity index is 708. The van der Waals surface area contributed by atoms with Crippen LogP contribution in [0.2, 0.25) is 0 Å². The molecule has 24 heavy (non-hydrogen) atoms.